The zero-order chi connectivity index (χ0) is 87.8. The van der Waals surface area contributed by atoms with Gasteiger partial charge in [-0.25, -0.2) is 25.8 Å². The maximum Gasteiger partial charge on any atom is 1.00 e. The quantitative estimate of drug-likeness (QED) is 0.00544. The van der Waals surface area contributed by atoms with Crippen molar-refractivity contribution < 1.29 is 213 Å². The smallest absolute Gasteiger partial charge is 0.870 e. The van der Waals surface area contributed by atoms with Gasteiger partial charge in [-0.15, -0.1) is 3.71 Å². The molecule has 0 heterocycles. The SMILES string of the molecule is COC(=O)c1ccc(-c2cccc(OC)c2)cc1-c1cccc(OC)c1.COC(=O)c1ccc(C)cc1OS(=O)(=O)C(F)(F)F.COC(=O)c1ccc(O)cc1O.COc1cccc(-c2ccc(C(=O)NO)c(-c3cccc(OC)c3)c2)c1.COc1cccc(O[B]O)c1.NO.O=S(=O)(N(c1ccccc1)S(=O)(=O)C(F)(F)F)C(F)(F)F.[K+].[OH-]. The van der Waals surface area contributed by atoms with Gasteiger partial charge in [-0.3, -0.25) is 10.0 Å². The van der Waals surface area contributed by atoms with E-state index in [4.69, 9.17) is 58.7 Å². The van der Waals surface area contributed by atoms with Gasteiger partial charge in [-0.1, -0.05) is 91.0 Å². The summed E-state index contributed by atoms with van der Waals surface area (Å²) in [6.07, 6.45) is 0. The van der Waals surface area contributed by atoms with Crippen molar-refractivity contribution in [3.8, 4) is 96.3 Å². The third-order valence-corrected chi connectivity index (χ3v) is 19.6. The molecule has 0 unspecified atom stereocenters. The number of aromatic hydroxyl groups is 2. The predicted molar refractivity (Wildman–Crippen MR) is 409 cm³/mol. The zero-order valence-corrected chi connectivity index (χ0v) is 69.5. The van der Waals surface area contributed by atoms with Crippen LogP contribution in [-0.2, 0) is 44.4 Å². The summed E-state index contributed by atoms with van der Waals surface area (Å²) in [7, 11) is -7.18. The summed E-state index contributed by atoms with van der Waals surface area (Å²) in [6, 6.07) is 59.6. The normalized spacial score (nSPS) is 10.7. The number of alkyl halides is 9. The molecule has 119 heavy (non-hydrogen) atoms. The number of halogens is 9. The number of anilines is 1. The second-order valence-electron chi connectivity index (χ2n) is 22.4. The monoisotopic (exact) mass is 1760 g/mol. The van der Waals surface area contributed by atoms with Crippen LogP contribution in [0.5, 0.6) is 51.7 Å². The van der Waals surface area contributed by atoms with Crippen LogP contribution >= 0.6 is 0 Å². The number of nitrogens with zero attached hydrogens (tertiary/aromatic N) is 1. The van der Waals surface area contributed by atoms with Crippen molar-refractivity contribution >= 4 is 67.4 Å². The van der Waals surface area contributed by atoms with Crippen molar-refractivity contribution in [2.75, 3.05) is 60.6 Å². The van der Waals surface area contributed by atoms with E-state index in [1.807, 2.05) is 121 Å². The van der Waals surface area contributed by atoms with Gasteiger partial charge < -0.3 is 72.7 Å². The predicted octanol–water partition coefficient (Wildman–Crippen LogP) is 10.8. The molecular weight excluding hydrogens is 1690 g/mol. The average molecular weight is 1760 g/mol. The number of phenols is 2. The van der Waals surface area contributed by atoms with E-state index in [0.717, 1.165) is 99.7 Å². The summed E-state index contributed by atoms with van der Waals surface area (Å²) in [5, 5.41) is 41.9. The maximum absolute atomic E-state index is 12.4. The summed E-state index contributed by atoms with van der Waals surface area (Å²) in [5.41, 5.74) is -9.69. The molecule has 29 nitrogen and oxygen atoms in total. The van der Waals surface area contributed by atoms with Crippen LogP contribution in [0.4, 0.5) is 45.2 Å². The van der Waals surface area contributed by atoms with E-state index in [1.54, 1.807) is 77.4 Å². The Balaban J connectivity index is 0.000000492. The number of esters is 3. The van der Waals surface area contributed by atoms with Gasteiger partial charge in [0.15, 0.2) is 5.75 Å². The Morgan fingerprint density at radius 1 is 0.412 bits per heavy atom. The zero-order valence-electron chi connectivity index (χ0n) is 63.9. The number of benzene rings is 10. The molecule has 0 saturated carbocycles. The summed E-state index contributed by atoms with van der Waals surface area (Å²) in [4.78, 5) is 46.5. The molecule has 0 spiro atoms. The molecule has 0 aliphatic carbocycles. The van der Waals surface area contributed by atoms with Crippen molar-refractivity contribution in [1.29, 1.82) is 0 Å². The fourth-order valence-corrected chi connectivity index (χ4v) is 12.7. The van der Waals surface area contributed by atoms with Crippen molar-refractivity contribution in [3.05, 3.63) is 252 Å². The number of carbonyl (C=O) groups excluding carboxylic acids is 4. The van der Waals surface area contributed by atoms with Gasteiger partial charge >= 0.3 is 124 Å². The first-order valence-electron chi connectivity index (χ1n) is 32.3. The minimum Gasteiger partial charge on any atom is -0.870 e. The summed E-state index contributed by atoms with van der Waals surface area (Å²) < 4.78 is 224. The molecule has 10 aromatic carbocycles. The number of para-hydroxylation sites is 1. The number of hydrogen-bond acceptors (Lipinski definition) is 27. The van der Waals surface area contributed by atoms with Gasteiger partial charge in [0.05, 0.1) is 68.1 Å². The number of hydrogen-bond donors (Lipinski definition) is 7. The second-order valence-corrected chi connectivity index (χ2v) is 27.7. The Morgan fingerprint density at radius 2 is 0.765 bits per heavy atom. The molecule has 10 rings (SSSR count). The molecule has 1 radical (unpaired) electrons. The van der Waals surface area contributed by atoms with Crippen molar-refractivity contribution in [2.45, 2.75) is 23.4 Å². The van der Waals surface area contributed by atoms with E-state index in [1.165, 1.54) is 39.3 Å². The molecule has 0 aliphatic heterocycles. The molecule has 0 bridgehead atoms. The Labute approximate surface area is 718 Å². The van der Waals surface area contributed by atoms with Crippen LogP contribution in [0.25, 0.3) is 44.5 Å². The topological polar surface area (TPSA) is 435 Å². The van der Waals surface area contributed by atoms with Crippen LogP contribution in [-0.4, -0.2) is 161 Å². The van der Waals surface area contributed by atoms with Gasteiger partial charge in [0.25, 0.3) is 5.91 Å². The Morgan fingerprint density at radius 3 is 1.16 bits per heavy atom. The molecule has 9 N–H and O–H groups in total. The molecule has 633 valence electrons. The second kappa shape index (κ2) is 48.0. The van der Waals surface area contributed by atoms with Crippen molar-refractivity contribution in [2.24, 2.45) is 5.90 Å². The molecule has 10 aromatic rings. The van der Waals surface area contributed by atoms with Gasteiger partial charge in [0.2, 0.25) is 0 Å². The molecule has 0 aliphatic rings. The number of aryl methyl sites for hydroxylation is 1. The molecule has 43 heteroatoms. The minimum absolute atomic E-state index is 0. The maximum atomic E-state index is 12.4. The third kappa shape index (κ3) is 29.4. The van der Waals surface area contributed by atoms with Crippen molar-refractivity contribution in [1.82, 2.24) is 5.48 Å². The van der Waals surface area contributed by atoms with E-state index in [2.05, 4.69) is 19.6 Å². The van der Waals surface area contributed by atoms with Gasteiger partial charge in [-0.05, 0) is 178 Å². The van der Waals surface area contributed by atoms with Crippen LogP contribution < -0.4 is 99.0 Å². The van der Waals surface area contributed by atoms with Gasteiger partial charge in [-0.2, -0.15) is 64.8 Å². The molecule has 0 fully saturated rings. The summed E-state index contributed by atoms with van der Waals surface area (Å²) >= 11 is 0. The van der Waals surface area contributed by atoms with E-state index < -0.39 is 85.2 Å². The van der Waals surface area contributed by atoms with E-state index in [-0.39, 0.29) is 79.9 Å². The number of amides is 1. The summed E-state index contributed by atoms with van der Waals surface area (Å²) in [5.74, 6) is 3.99. The fraction of sp³-hybridized carbons (Fsp3) is 0.158. The number of nitrogens with two attached hydrogens (primary N) is 1. The molecular formula is C76H73BF9KN3O26S3. The number of phenolic OH excluding ortho intramolecular Hbond substituents is 2. The van der Waals surface area contributed by atoms with Crippen LogP contribution in [0.2, 0.25) is 0 Å². The van der Waals surface area contributed by atoms with Crippen LogP contribution in [0.3, 0.4) is 0 Å². The number of ether oxygens (including phenoxy) is 8. The van der Waals surface area contributed by atoms with E-state index >= 15 is 0 Å². The number of nitrogens with one attached hydrogen (secondary N) is 1. The van der Waals surface area contributed by atoms with Crippen molar-refractivity contribution in [3.63, 3.8) is 0 Å². The Hall–Kier alpha value is -11.2. The average Bonchev–Trinajstić information content (AvgIpc) is 0.738. The van der Waals surface area contributed by atoms with Crippen LogP contribution in [0.15, 0.2) is 224 Å². The number of carbonyl (C=O) groups is 4. The first-order valence-corrected chi connectivity index (χ1v) is 36.6. The van der Waals surface area contributed by atoms with Crippen LogP contribution in [0.1, 0.15) is 47.0 Å². The fourth-order valence-electron chi connectivity index (χ4n) is 9.48. The number of hydroxylamine groups is 1. The van der Waals surface area contributed by atoms with E-state index in [9.17, 15) is 83.9 Å². The Bertz CT molecular complexity index is 5180. The molecule has 0 aromatic heterocycles. The summed E-state index contributed by atoms with van der Waals surface area (Å²) in [6.45, 7) is 1.49. The first kappa shape index (κ1) is 104. The first-order chi connectivity index (χ1) is 55.1. The number of sulfonamides is 2. The minimum atomic E-state index is -6.81. The standard InChI is InChI=1S/C22H20O4.C21H19NO4.C10H9F3O5S.C8H5F6NO4S2.C8H8O4.C7H8BO3.K.H3NO.H2O/c1-24-18-8-4-6-15(12-18)16-10-11-20(22(23)26-3)21(14-16)17-7-5-9-19(13-17)25-2;1-25-17-7-3-5-14(11-17)15-9-10-19(21(23)22-24)20(13-15)16-6-4-8-18(12-16)26-2;1-6-3-4-7(9(14)17-2)8(5-6)18-19(15,16)10(11,12)13;9-7(10,11)20(16,17)15(6-4-2-1-3-5-6)21(18,19)8(12,13)14;1-12-8(11)6-3-2-5(9)4-7(6)10;1-10-6-3-2-4-7(5-6)11-8-9;;1-2;/h4-14H,1-3H3;3-13,24H,1-2H3,(H,22,23);3-5H,1-2H3;1-5H;2-4,9-10H,1H3;2-5,9H,1H3;;2H,1H2;1H2/q;;;;;;+1;;/p-1. The number of methoxy groups -OCH3 is 8. The molecule has 0 saturated heterocycles. The Kier molecular flexibility index (Phi) is 41.9. The van der Waals surface area contributed by atoms with E-state index in [0.29, 0.717) is 59.3 Å². The number of rotatable bonds is 20. The largest absolute Gasteiger partial charge is 1.00 e. The third-order valence-electron chi connectivity index (χ3n) is 15.0. The van der Waals surface area contributed by atoms with Gasteiger partial charge in [0, 0.05) is 17.7 Å². The molecule has 0 atom stereocenters. The van der Waals surface area contributed by atoms with Crippen LogP contribution in [0, 0.1) is 6.92 Å². The molecule has 1 amide bonds. The van der Waals surface area contributed by atoms with Gasteiger partial charge in [0.1, 0.15) is 57.1 Å².